The van der Waals surface area contributed by atoms with E-state index >= 15 is 0 Å². The third-order valence-corrected chi connectivity index (χ3v) is 3.83. The van der Waals surface area contributed by atoms with E-state index in [4.69, 9.17) is 9.47 Å². The van der Waals surface area contributed by atoms with Gasteiger partial charge in [-0.05, 0) is 35.3 Å². The van der Waals surface area contributed by atoms with E-state index in [1.165, 1.54) is 25.3 Å². The van der Waals surface area contributed by atoms with Gasteiger partial charge in [-0.15, -0.1) is 0 Å². The Labute approximate surface area is 152 Å². The number of rotatable bonds is 7. The largest absolute Gasteiger partial charge is 0.494 e. The van der Waals surface area contributed by atoms with Crippen LogP contribution in [0.4, 0.5) is 4.39 Å². The van der Waals surface area contributed by atoms with Crippen LogP contribution in [0.5, 0.6) is 5.75 Å². The van der Waals surface area contributed by atoms with E-state index in [2.05, 4.69) is 13.8 Å². The molecule has 136 valence electrons. The minimum Gasteiger partial charge on any atom is -0.494 e. The molecule has 0 unspecified atom stereocenters. The molecule has 0 aliphatic carbocycles. The highest BCUT2D eigenvalue weighted by Crippen LogP contribution is 2.18. The fraction of sp³-hybridized carbons (Fsp3) is 0.238. The average Bonchev–Trinajstić information content (AvgIpc) is 2.64. The van der Waals surface area contributed by atoms with Crippen molar-refractivity contribution < 1.29 is 23.5 Å². The van der Waals surface area contributed by atoms with E-state index in [0.29, 0.717) is 17.0 Å². The van der Waals surface area contributed by atoms with Crippen molar-refractivity contribution in [3.05, 3.63) is 71.0 Å². The Morgan fingerprint density at radius 1 is 1.12 bits per heavy atom. The van der Waals surface area contributed by atoms with Crippen LogP contribution in [0.2, 0.25) is 0 Å². The van der Waals surface area contributed by atoms with E-state index in [1.807, 2.05) is 12.1 Å². The molecular formula is C21H21FO4. The number of carbonyl (C=O) groups is 2. The van der Waals surface area contributed by atoms with Crippen molar-refractivity contribution >= 4 is 17.8 Å². The Kier molecular flexibility index (Phi) is 6.67. The minimum atomic E-state index is -0.673. The van der Waals surface area contributed by atoms with Crippen LogP contribution >= 0.6 is 0 Å². The predicted molar refractivity (Wildman–Crippen MR) is 97.8 cm³/mol. The van der Waals surface area contributed by atoms with Gasteiger partial charge < -0.3 is 9.47 Å². The zero-order valence-corrected chi connectivity index (χ0v) is 15.0. The zero-order valence-electron chi connectivity index (χ0n) is 15.0. The normalized spacial score (nSPS) is 11.0. The molecule has 0 aliphatic rings. The van der Waals surface area contributed by atoms with Gasteiger partial charge in [-0.3, -0.25) is 4.79 Å². The molecule has 2 rings (SSSR count). The van der Waals surface area contributed by atoms with Crippen molar-refractivity contribution in [2.24, 2.45) is 0 Å². The number of ether oxygens (including phenoxy) is 2. The van der Waals surface area contributed by atoms with Gasteiger partial charge in [0.25, 0.3) is 0 Å². The van der Waals surface area contributed by atoms with Crippen molar-refractivity contribution in [1.29, 1.82) is 0 Å². The fourth-order valence-corrected chi connectivity index (χ4v) is 2.27. The van der Waals surface area contributed by atoms with Gasteiger partial charge in [0.05, 0.1) is 7.11 Å². The molecule has 0 N–H and O–H groups in total. The van der Waals surface area contributed by atoms with Gasteiger partial charge in [0.2, 0.25) is 0 Å². The van der Waals surface area contributed by atoms with E-state index in [-0.39, 0.29) is 18.1 Å². The number of ketones is 1. The molecule has 0 saturated carbocycles. The zero-order chi connectivity index (χ0) is 19.1. The van der Waals surface area contributed by atoms with Gasteiger partial charge in [0.1, 0.15) is 0 Å². The van der Waals surface area contributed by atoms with Crippen LogP contribution in [0, 0.1) is 5.82 Å². The molecule has 0 aromatic heterocycles. The molecule has 0 fully saturated rings. The number of Topliss-reactive ketones (excluding diaryl/α,β-unsaturated/α-hetero) is 1. The summed E-state index contributed by atoms with van der Waals surface area (Å²) < 4.78 is 23.3. The Balaban J connectivity index is 1.89. The number of benzene rings is 2. The number of halogens is 1. The molecule has 0 amide bonds. The van der Waals surface area contributed by atoms with E-state index in [9.17, 15) is 14.0 Å². The third-order valence-electron chi connectivity index (χ3n) is 3.83. The Hall–Kier alpha value is -2.95. The first-order valence-electron chi connectivity index (χ1n) is 8.22. The summed E-state index contributed by atoms with van der Waals surface area (Å²) in [7, 11) is 1.37. The predicted octanol–water partition coefficient (Wildman–Crippen LogP) is 4.40. The molecular weight excluding hydrogens is 335 g/mol. The Bertz CT molecular complexity index is 807. The highest BCUT2D eigenvalue weighted by atomic mass is 19.1. The standard InChI is InChI=1S/C21H21FO4/c1-14(2)16-6-8-17(9-7-16)19(23)13-26-21(24)11-5-15-4-10-20(25-3)18(22)12-15/h4-12,14H,13H2,1-3H3/b11-5+. The van der Waals surface area contributed by atoms with Crippen LogP contribution < -0.4 is 4.74 Å². The molecule has 2 aromatic carbocycles. The van der Waals surface area contributed by atoms with Crippen LogP contribution in [-0.2, 0) is 9.53 Å². The highest BCUT2D eigenvalue weighted by molar-refractivity contribution is 5.98. The number of hydrogen-bond donors (Lipinski definition) is 0. The topological polar surface area (TPSA) is 52.6 Å². The van der Waals surface area contributed by atoms with Gasteiger partial charge >= 0.3 is 5.97 Å². The third kappa shape index (κ3) is 5.28. The van der Waals surface area contributed by atoms with Gasteiger partial charge in [-0.1, -0.05) is 44.2 Å². The van der Waals surface area contributed by atoms with Crippen LogP contribution in [0.3, 0.4) is 0 Å². The van der Waals surface area contributed by atoms with Crippen LogP contribution in [0.15, 0.2) is 48.5 Å². The lowest BCUT2D eigenvalue weighted by molar-refractivity contribution is -0.136. The number of hydrogen-bond acceptors (Lipinski definition) is 4. The van der Waals surface area contributed by atoms with Crippen LogP contribution in [0.25, 0.3) is 6.08 Å². The maximum absolute atomic E-state index is 13.6. The van der Waals surface area contributed by atoms with E-state index in [1.54, 1.807) is 18.2 Å². The molecule has 0 spiro atoms. The fourth-order valence-electron chi connectivity index (χ4n) is 2.27. The maximum Gasteiger partial charge on any atom is 0.331 e. The first-order chi connectivity index (χ1) is 12.4. The molecule has 0 radical (unpaired) electrons. The summed E-state index contributed by atoms with van der Waals surface area (Å²) >= 11 is 0. The number of esters is 1. The smallest absolute Gasteiger partial charge is 0.331 e. The first kappa shape index (κ1) is 19.4. The monoisotopic (exact) mass is 356 g/mol. The first-order valence-corrected chi connectivity index (χ1v) is 8.22. The molecule has 0 heterocycles. The SMILES string of the molecule is COc1ccc(/C=C/C(=O)OCC(=O)c2ccc(C(C)C)cc2)cc1F. The summed E-state index contributed by atoms with van der Waals surface area (Å²) in [4.78, 5) is 23.8. The second-order valence-electron chi connectivity index (χ2n) is 6.03. The summed E-state index contributed by atoms with van der Waals surface area (Å²) in [5.41, 5.74) is 2.10. The second kappa shape index (κ2) is 8.94. The lowest BCUT2D eigenvalue weighted by Crippen LogP contribution is -2.12. The highest BCUT2D eigenvalue weighted by Gasteiger charge is 2.09. The minimum absolute atomic E-state index is 0.124. The molecule has 0 aliphatic heterocycles. The van der Waals surface area contributed by atoms with Crippen molar-refractivity contribution in [1.82, 2.24) is 0 Å². The number of carbonyl (C=O) groups excluding carboxylic acids is 2. The van der Waals surface area contributed by atoms with Crippen molar-refractivity contribution in [2.75, 3.05) is 13.7 Å². The molecule has 2 aromatic rings. The molecule has 5 heteroatoms. The van der Waals surface area contributed by atoms with Crippen LogP contribution in [0.1, 0.15) is 41.3 Å². The second-order valence-corrected chi connectivity index (χ2v) is 6.03. The van der Waals surface area contributed by atoms with E-state index < -0.39 is 11.8 Å². The van der Waals surface area contributed by atoms with Crippen LogP contribution in [-0.4, -0.2) is 25.5 Å². The van der Waals surface area contributed by atoms with Crippen molar-refractivity contribution in [3.63, 3.8) is 0 Å². The molecule has 26 heavy (non-hydrogen) atoms. The summed E-state index contributed by atoms with van der Waals surface area (Å²) in [5, 5.41) is 0. The quantitative estimate of drug-likeness (QED) is 0.419. The lowest BCUT2D eigenvalue weighted by Gasteiger charge is -2.06. The summed E-state index contributed by atoms with van der Waals surface area (Å²) in [6.07, 6.45) is 2.56. The molecule has 0 atom stereocenters. The molecule has 4 nitrogen and oxygen atoms in total. The van der Waals surface area contributed by atoms with Gasteiger partial charge in [0, 0.05) is 11.6 Å². The van der Waals surface area contributed by atoms with Gasteiger partial charge in [-0.2, -0.15) is 0 Å². The van der Waals surface area contributed by atoms with E-state index in [0.717, 1.165) is 11.6 Å². The summed E-state index contributed by atoms with van der Waals surface area (Å²) in [5.74, 6) is -0.974. The molecule has 0 bridgehead atoms. The Morgan fingerprint density at radius 2 is 1.81 bits per heavy atom. The lowest BCUT2D eigenvalue weighted by atomic mass is 10.0. The van der Waals surface area contributed by atoms with Gasteiger partial charge in [-0.25, -0.2) is 9.18 Å². The van der Waals surface area contributed by atoms with Crippen molar-refractivity contribution in [3.8, 4) is 5.75 Å². The molecule has 0 saturated heterocycles. The average molecular weight is 356 g/mol. The van der Waals surface area contributed by atoms with Gasteiger partial charge in [0.15, 0.2) is 24.0 Å². The number of methoxy groups -OCH3 is 1. The summed E-state index contributed by atoms with van der Waals surface area (Å²) in [6.45, 7) is 3.79. The maximum atomic E-state index is 13.6. The Morgan fingerprint density at radius 3 is 2.38 bits per heavy atom. The van der Waals surface area contributed by atoms with Crippen molar-refractivity contribution in [2.45, 2.75) is 19.8 Å². The summed E-state index contributed by atoms with van der Waals surface area (Å²) in [6, 6.07) is 11.5.